The highest BCUT2D eigenvalue weighted by Crippen LogP contribution is 2.16. The zero-order valence-corrected chi connectivity index (χ0v) is 15.3. The molecule has 25 heavy (non-hydrogen) atoms. The minimum absolute atomic E-state index is 0. The van der Waals surface area contributed by atoms with Gasteiger partial charge >= 0.3 is 0 Å². The van der Waals surface area contributed by atoms with Gasteiger partial charge in [-0.05, 0) is 36.8 Å². The molecule has 2 atom stereocenters. The van der Waals surface area contributed by atoms with E-state index in [9.17, 15) is 9.90 Å². The molecular weight excluding hydrogens is 340 g/mol. The summed E-state index contributed by atoms with van der Waals surface area (Å²) >= 11 is 0. The van der Waals surface area contributed by atoms with Crippen LogP contribution in [-0.2, 0) is 4.79 Å². The molecule has 136 valence electrons. The predicted octanol–water partition coefficient (Wildman–Crippen LogP) is 3.16. The van der Waals surface area contributed by atoms with Crippen molar-refractivity contribution in [2.75, 3.05) is 18.5 Å². The number of rotatable bonds is 8. The number of carbonyl (C=O) groups is 1. The van der Waals surface area contributed by atoms with Gasteiger partial charge in [-0.1, -0.05) is 30.3 Å². The van der Waals surface area contributed by atoms with Crippen LogP contribution in [-0.4, -0.2) is 30.3 Å². The van der Waals surface area contributed by atoms with E-state index in [-0.39, 0.29) is 31.0 Å². The van der Waals surface area contributed by atoms with Crippen molar-refractivity contribution in [2.24, 2.45) is 0 Å². The smallest absolute Gasteiger partial charge is 0.221 e. The van der Waals surface area contributed by atoms with Crippen molar-refractivity contribution < 1.29 is 14.6 Å². The van der Waals surface area contributed by atoms with E-state index in [4.69, 9.17) is 4.74 Å². The first kappa shape index (κ1) is 21.0. The highest BCUT2D eigenvalue weighted by molar-refractivity contribution is 5.88. The summed E-state index contributed by atoms with van der Waals surface area (Å²) in [6.45, 7) is 4.17. The number of nitrogens with one attached hydrogen (secondary N) is 2. The molecule has 2 unspecified atom stereocenters. The summed E-state index contributed by atoms with van der Waals surface area (Å²) < 4.78 is 5.56. The van der Waals surface area contributed by atoms with Gasteiger partial charge in [0.2, 0.25) is 5.91 Å². The number of benzene rings is 2. The van der Waals surface area contributed by atoms with Gasteiger partial charge in [-0.3, -0.25) is 4.79 Å². The molecule has 1 amide bonds. The zero-order valence-electron chi connectivity index (χ0n) is 14.4. The zero-order chi connectivity index (χ0) is 17.4. The van der Waals surface area contributed by atoms with Crippen LogP contribution in [0.2, 0.25) is 0 Å². The second-order valence-corrected chi connectivity index (χ2v) is 5.71. The molecule has 5 nitrogen and oxygen atoms in total. The Kier molecular flexibility index (Phi) is 8.99. The molecule has 0 aliphatic rings. The van der Waals surface area contributed by atoms with Crippen molar-refractivity contribution in [1.29, 1.82) is 0 Å². The van der Waals surface area contributed by atoms with E-state index in [0.29, 0.717) is 18.0 Å². The molecule has 0 aliphatic heterocycles. The van der Waals surface area contributed by atoms with E-state index in [0.717, 1.165) is 0 Å². The Morgan fingerprint density at radius 2 is 1.76 bits per heavy atom. The average Bonchev–Trinajstić information content (AvgIpc) is 2.59. The fraction of sp³-hybridized carbons (Fsp3) is 0.316. The van der Waals surface area contributed by atoms with Gasteiger partial charge in [0.25, 0.3) is 0 Å². The fourth-order valence-corrected chi connectivity index (χ4v) is 2.26. The van der Waals surface area contributed by atoms with Gasteiger partial charge < -0.3 is 20.5 Å². The van der Waals surface area contributed by atoms with E-state index < -0.39 is 6.10 Å². The first-order chi connectivity index (χ1) is 11.5. The normalized spacial score (nSPS) is 12.6. The van der Waals surface area contributed by atoms with Gasteiger partial charge in [-0.2, -0.15) is 0 Å². The molecule has 0 aromatic heterocycles. The third-order valence-electron chi connectivity index (χ3n) is 3.58. The molecule has 2 aromatic carbocycles. The second kappa shape index (κ2) is 10.7. The summed E-state index contributed by atoms with van der Waals surface area (Å²) in [4.78, 5) is 11.0. The first-order valence-corrected chi connectivity index (χ1v) is 8.01. The number of aliphatic hydroxyl groups is 1. The maximum atomic E-state index is 11.0. The van der Waals surface area contributed by atoms with Crippen molar-refractivity contribution in [3.8, 4) is 5.75 Å². The highest BCUT2D eigenvalue weighted by atomic mass is 35.5. The van der Waals surface area contributed by atoms with Gasteiger partial charge in [0.1, 0.15) is 18.5 Å². The Morgan fingerprint density at radius 3 is 2.36 bits per heavy atom. The van der Waals surface area contributed by atoms with Crippen LogP contribution in [0.25, 0.3) is 0 Å². The van der Waals surface area contributed by atoms with Gasteiger partial charge in [-0.25, -0.2) is 0 Å². The number of halogens is 1. The van der Waals surface area contributed by atoms with Crippen molar-refractivity contribution in [3.63, 3.8) is 0 Å². The Hall–Kier alpha value is -2.08. The van der Waals surface area contributed by atoms with Crippen LogP contribution < -0.4 is 15.4 Å². The molecule has 6 heteroatoms. The lowest BCUT2D eigenvalue weighted by Gasteiger charge is -2.18. The monoisotopic (exact) mass is 364 g/mol. The SMILES string of the molecule is CC(=O)Nc1ccc(OCC(O)CNC(C)c2ccccc2)cc1.Cl. The van der Waals surface area contributed by atoms with E-state index >= 15 is 0 Å². The molecule has 0 radical (unpaired) electrons. The first-order valence-electron chi connectivity index (χ1n) is 8.01. The van der Waals surface area contributed by atoms with Crippen LogP contribution in [0.5, 0.6) is 5.75 Å². The Balaban J connectivity index is 0.00000312. The summed E-state index contributed by atoms with van der Waals surface area (Å²) in [6, 6.07) is 17.3. The van der Waals surface area contributed by atoms with Crippen LogP contribution in [0.3, 0.4) is 0 Å². The summed E-state index contributed by atoms with van der Waals surface area (Å²) in [5, 5.41) is 16.0. The van der Waals surface area contributed by atoms with Crippen molar-refractivity contribution in [2.45, 2.75) is 26.0 Å². The van der Waals surface area contributed by atoms with Crippen molar-refractivity contribution in [3.05, 3.63) is 60.2 Å². The van der Waals surface area contributed by atoms with Crippen LogP contribution >= 0.6 is 12.4 Å². The molecule has 0 heterocycles. The van der Waals surface area contributed by atoms with Gasteiger partial charge in [0, 0.05) is 25.2 Å². The summed E-state index contributed by atoms with van der Waals surface area (Å²) in [5.41, 5.74) is 1.90. The van der Waals surface area contributed by atoms with E-state index in [1.165, 1.54) is 12.5 Å². The van der Waals surface area contributed by atoms with E-state index in [2.05, 4.69) is 29.7 Å². The molecule has 0 saturated heterocycles. The summed E-state index contributed by atoms with van der Waals surface area (Å²) in [5.74, 6) is 0.539. The number of hydrogen-bond acceptors (Lipinski definition) is 4. The quantitative estimate of drug-likeness (QED) is 0.673. The average molecular weight is 365 g/mol. The van der Waals surface area contributed by atoms with Crippen molar-refractivity contribution >= 4 is 24.0 Å². The van der Waals surface area contributed by atoms with Crippen molar-refractivity contribution in [1.82, 2.24) is 5.32 Å². The largest absolute Gasteiger partial charge is 0.491 e. The van der Waals surface area contributed by atoms with Gasteiger partial charge in [-0.15, -0.1) is 12.4 Å². The molecule has 0 bridgehead atoms. The molecule has 0 saturated carbocycles. The highest BCUT2D eigenvalue weighted by Gasteiger charge is 2.09. The van der Waals surface area contributed by atoms with Crippen LogP contribution in [0.1, 0.15) is 25.5 Å². The Labute approximate surface area is 154 Å². The number of hydrogen-bond donors (Lipinski definition) is 3. The lowest BCUT2D eigenvalue weighted by atomic mass is 10.1. The lowest BCUT2D eigenvalue weighted by molar-refractivity contribution is -0.114. The number of amides is 1. The third-order valence-corrected chi connectivity index (χ3v) is 3.58. The molecule has 0 spiro atoms. The fourth-order valence-electron chi connectivity index (χ4n) is 2.26. The third kappa shape index (κ3) is 7.56. The topological polar surface area (TPSA) is 70.6 Å². The number of aliphatic hydroxyl groups excluding tert-OH is 1. The molecule has 0 aliphatic carbocycles. The van der Waals surface area contributed by atoms with E-state index in [1.54, 1.807) is 24.3 Å². The molecule has 2 rings (SSSR count). The van der Waals surface area contributed by atoms with Crippen LogP contribution in [0, 0.1) is 0 Å². The van der Waals surface area contributed by atoms with Crippen LogP contribution in [0.15, 0.2) is 54.6 Å². The maximum absolute atomic E-state index is 11.0. The molecule has 0 fully saturated rings. The predicted molar refractivity (Wildman–Crippen MR) is 102 cm³/mol. The van der Waals surface area contributed by atoms with Crippen LogP contribution in [0.4, 0.5) is 5.69 Å². The molecule has 2 aromatic rings. The van der Waals surface area contributed by atoms with E-state index in [1.807, 2.05) is 18.2 Å². The minimum Gasteiger partial charge on any atom is -0.491 e. The van der Waals surface area contributed by atoms with Gasteiger partial charge in [0.15, 0.2) is 0 Å². The minimum atomic E-state index is -0.605. The maximum Gasteiger partial charge on any atom is 0.221 e. The summed E-state index contributed by atoms with van der Waals surface area (Å²) in [7, 11) is 0. The number of ether oxygens (including phenoxy) is 1. The molecular formula is C19H25ClN2O3. The molecule has 3 N–H and O–H groups in total. The summed E-state index contributed by atoms with van der Waals surface area (Å²) in [6.07, 6.45) is -0.605. The Morgan fingerprint density at radius 1 is 1.12 bits per heavy atom. The van der Waals surface area contributed by atoms with Gasteiger partial charge in [0.05, 0.1) is 0 Å². The second-order valence-electron chi connectivity index (χ2n) is 5.71. The lowest BCUT2D eigenvalue weighted by Crippen LogP contribution is -2.33. The standard InChI is InChI=1S/C19H24N2O3.ClH/c1-14(16-6-4-3-5-7-16)20-12-18(23)13-24-19-10-8-17(9-11-19)21-15(2)22;/h3-11,14,18,20,23H,12-13H2,1-2H3,(H,21,22);1H. The number of anilines is 1. The Bertz CT molecular complexity index is 635. The number of carbonyl (C=O) groups excluding carboxylic acids is 1.